The van der Waals surface area contributed by atoms with Gasteiger partial charge >= 0.3 is 0 Å². The normalized spacial score (nSPS) is 21.6. The van der Waals surface area contributed by atoms with Gasteiger partial charge in [0.05, 0.1) is 11.8 Å². The van der Waals surface area contributed by atoms with Gasteiger partial charge in [-0.15, -0.1) is 0 Å². The Labute approximate surface area is 117 Å². The van der Waals surface area contributed by atoms with E-state index >= 15 is 0 Å². The Morgan fingerprint density at radius 1 is 1.35 bits per heavy atom. The summed E-state index contributed by atoms with van der Waals surface area (Å²) in [6.07, 6.45) is 3.02. The van der Waals surface area contributed by atoms with Crippen molar-refractivity contribution in [3.05, 3.63) is 35.0 Å². The van der Waals surface area contributed by atoms with E-state index in [0.29, 0.717) is 12.5 Å². The summed E-state index contributed by atoms with van der Waals surface area (Å²) in [6, 6.07) is 1.97. The van der Waals surface area contributed by atoms with Crippen molar-refractivity contribution in [3.8, 4) is 0 Å². The van der Waals surface area contributed by atoms with Crippen molar-refractivity contribution in [2.24, 2.45) is 0 Å². The van der Waals surface area contributed by atoms with E-state index in [9.17, 15) is 5.11 Å². The van der Waals surface area contributed by atoms with Crippen LogP contribution in [-0.2, 0) is 6.54 Å². The average molecular weight is 273 g/mol. The van der Waals surface area contributed by atoms with Gasteiger partial charge in [0.1, 0.15) is 12.1 Å². The zero-order valence-corrected chi connectivity index (χ0v) is 11.7. The number of nitrogens with zero attached hydrogens (tertiary/aromatic N) is 3. The fourth-order valence-corrected chi connectivity index (χ4v) is 2.54. The zero-order valence-electron chi connectivity index (χ0n) is 11.7. The maximum absolute atomic E-state index is 9.37. The van der Waals surface area contributed by atoms with Gasteiger partial charge in [-0.3, -0.25) is 5.10 Å². The molecule has 3 rings (SSSR count). The Morgan fingerprint density at radius 2 is 2.15 bits per heavy atom. The van der Waals surface area contributed by atoms with Crippen LogP contribution in [0.25, 0.3) is 0 Å². The van der Waals surface area contributed by atoms with E-state index in [2.05, 4.69) is 25.5 Å². The van der Waals surface area contributed by atoms with Crippen molar-refractivity contribution in [3.63, 3.8) is 0 Å². The van der Waals surface area contributed by atoms with Gasteiger partial charge < -0.3 is 10.4 Å². The lowest BCUT2D eigenvalue weighted by molar-refractivity contribution is 0.0732. The molecule has 106 valence electrons. The minimum Gasteiger partial charge on any atom is -0.393 e. The van der Waals surface area contributed by atoms with E-state index in [1.807, 2.05) is 19.9 Å². The van der Waals surface area contributed by atoms with Crippen LogP contribution in [0.2, 0.25) is 0 Å². The van der Waals surface area contributed by atoms with Gasteiger partial charge in [0.15, 0.2) is 0 Å². The quantitative estimate of drug-likeness (QED) is 0.788. The summed E-state index contributed by atoms with van der Waals surface area (Å²) in [7, 11) is 0. The number of aromatic nitrogens is 4. The Morgan fingerprint density at radius 3 is 2.80 bits per heavy atom. The van der Waals surface area contributed by atoms with E-state index in [0.717, 1.165) is 35.7 Å². The van der Waals surface area contributed by atoms with Gasteiger partial charge in [0, 0.05) is 35.5 Å². The first-order valence-electron chi connectivity index (χ1n) is 6.88. The molecule has 0 unspecified atom stereocenters. The Hall–Kier alpha value is -1.95. The van der Waals surface area contributed by atoms with Crippen molar-refractivity contribution in [1.82, 2.24) is 20.2 Å². The highest BCUT2D eigenvalue weighted by molar-refractivity contribution is 5.38. The van der Waals surface area contributed by atoms with Crippen molar-refractivity contribution in [2.75, 3.05) is 5.32 Å². The topological polar surface area (TPSA) is 86.7 Å². The van der Waals surface area contributed by atoms with E-state index in [1.165, 1.54) is 5.56 Å². The predicted octanol–water partition coefficient (Wildman–Crippen LogP) is 1.67. The van der Waals surface area contributed by atoms with E-state index < -0.39 is 0 Å². The molecular formula is C14H19N5O. The van der Waals surface area contributed by atoms with Crippen LogP contribution in [-0.4, -0.2) is 31.4 Å². The number of aromatic amines is 1. The molecule has 1 aliphatic rings. The van der Waals surface area contributed by atoms with Gasteiger partial charge in [-0.25, -0.2) is 9.97 Å². The molecule has 20 heavy (non-hydrogen) atoms. The van der Waals surface area contributed by atoms with Crippen LogP contribution in [0.15, 0.2) is 12.4 Å². The smallest absolute Gasteiger partial charge is 0.129 e. The van der Waals surface area contributed by atoms with Crippen LogP contribution >= 0.6 is 0 Å². The van der Waals surface area contributed by atoms with Gasteiger partial charge in [-0.05, 0) is 26.7 Å². The predicted molar refractivity (Wildman–Crippen MR) is 75.4 cm³/mol. The summed E-state index contributed by atoms with van der Waals surface area (Å²) < 4.78 is 0. The monoisotopic (exact) mass is 273 g/mol. The van der Waals surface area contributed by atoms with Gasteiger partial charge in [0.2, 0.25) is 0 Å². The lowest BCUT2D eigenvalue weighted by Gasteiger charge is -2.30. The summed E-state index contributed by atoms with van der Waals surface area (Å²) in [5.74, 6) is 1.18. The third-order valence-electron chi connectivity index (χ3n) is 3.95. The van der Waals surface area contributed by atoms with Crippen molar-refractivity contribution in [2.45, 2.75) is 45.3 Å². The molecule has 6 heteroatoms. The zero-order chi connectivity index (χ0) is 14.1. The molecule has 2 aromatic rings. The molecule has 2 aromatic heterocycles. The molecule has 0 aromatic carbocycles. The van der Waals surface area contributed by atoms with Crippen LogP contribution in [0.5, 0.6) is 0 Å². The van der Waals surface area contributed by atoms with Gasteiger partial charge in [-0.1, -0.05) is 0 Å². The number of aryl methyl sites for hydroxylation is 2. The molecule has 2 heterocycles. The Bertz CT molecular complexity index is 584. The van der Waals surface area contributed by atoms with Crippen molar-refractivity contribution >= 4 is 5.82 Å². The average Bonchev–Trinajstić information content (AvgIpc) is 2.73. The second-order valence-corrected chi connectivity index (χ2v) is 5.42. The molecule has 0 bridgehead atoms. The molecule has 0 amide bonds. The van der Waals surface area contributed by atoms with E-state index in [-0.39, 0.29) is 6.10 Å². The number of aliphatic hydroxyl groups excluding tert-OH is 1. The van der Waals surface area contributed by atoms with Crippen LogP contribution < -0.4 is 5.32 Å². The fourth-order valence-electron chi connectivity index (χ4n) is 2.54. The highest BCUT2D eigenvalue weighted by atomic mass is 16.3. The summed E-state index contributed by atoms with van der Waals surface area (Å²) in [4.78, 5) is 8.54. The highest BCUT2D eigenvalue weighted by Crippen LogP contribution is 2.35. The summed E-state index contributed by atoms with van der Waals surface area (Å²) >= 11 is 0. The minimum absolute atomic E-state index is 0.164. The number of anilines is 1. The fraction of sp³-hybridized carbons (Fsp3) is 0.500. The lowest BCUT2D eigenvalue weighted by atomic mass is 9.80. The molecule has 0 spiro atoms. The first-order chi connectivity index (χ1) is 9.63. The minimum atomic E-state index is -0.164. The molecule has 1 aliphatic carbocycles. The molecule has 0 radical (unpaired) electrons. The van der Waals surface area contributed by atoms with Gasteiger partial charge in [-0.2, -0.15) is 5.10 Å². The molecule has 0 aliphatic heterocycles. The Balaban J connectivity index is 1.67. The first kappa shape index (κ1) is 13.1. The number of hydrogen-bond acceptors (Lipinski definition) is 5. The first-order valence-corrected chi connectivity index (χ1v) is 6.88. The summed E-state index contributed by atoms with van der Waals surface area (Å²) in [6.45, 7) is 4.69. The summed E-state index contributed by atoms with van der Waals surface area (Å²) in [5.41, 5.74) is 4.26. The molecule has 3 N–H and O–H groups in total. The molecule has 0 saturated heterocycles. The van der Waals surface area contributed by atoms with E-state index in [1.54, 1.807) is 6.33 Å². The highest BCUT2D eigenvalue weighted by Gasteiger charge is 2.29. The maximum Gasteiger partial charge on any atom is 0.129 e. The van der Waals surface area contributed by atoms with Crippen LogP contribution in [0.4, 0.5) is 5.82 Å². The summed E-state index contributed by atoms with van der Waals surface area (Å²) in [5, 5.41) is 19.8. The number of aliphatic hydroxyl groups is 1. The number of hydrogen-bond donors (Lipinski definition) is 3. The van der Waals surface area contributed by atoms with Crippen LogP contribution in [0, 0.1) is 13.8 Å². The van der Waals surface area contributed by atoms with Gasteiger partial charge in [0.25, 0.3) is 0 Å². The maximum atomic E-state index is 9.37. The van der Waals surface area contributed by atoms with Crippen LogP contribution in [0.1, 0.15) is 41.4 Å². The largest absolute Gasteiger partial charge is 0.393 e. The number of nitrogens with one attached hydrogen (secondary N) is 2. The molecule has 1 fully saturated rings. The standard InChI is InChI=1S/C14H19N5O/c1-8-12(9(2)19-18-8)6-15-14-5-13(16-7-17-14)10-3-11(20)4-10/h5,7,10-11,20H,3-4,6H2,1-2H3,(H,18,19)(H,15,16,17). The third kappa shape index (κ3) is 2.51. The van der Waals surface area contributed by atoms with Crippen LogP contribution in [0.3, 0.4) is 0 Å². The molecular weight excluding hydrogens is 254 g/mol. The van der Waals surface area contributed by atoms with Crippen molar-refractivity contribution in [1.29, 1.82) is 0 Å². The second kappa shape index (κ2) is 5.20. The molecule has 6 nitrogen and oxygen atoms in total. The van der Waals surface area contributed by atoms with E-state index in [4.69, 9.17) is 0 Å². The Kier molecular flexibility index (Phi) is 3.40. The number of rotatable bonds is 4. The molecule has 0 atom stereocenters. The van der Waals surface area contributed by atoms with Crippen molar-refractivity contribution < 1.29 is 5.11 Å². The second-order valence-electron chi connectivity index (χ2n) is 5.42. The SMILES string of the molecule is Cc1n[nH]c(C)c1CNc1cc(C2CC(O)C2)ncn1. The lowest BCUT2D eigenvalue weighted by Crippen LogP contribution is -2.27. The molecule has 1 saturated carbocycles. The third-order valence-corrected chi connectivity index (χ3v) is 3.95. The number of H-pyrrole nitrogens is 1.